The van der Waals surface area contributed by atoms with E-state index in [2.05, 4.69) is 25.5 Å². The first kappa shape index (κ1) is 8.96. The van der Waals surface area contributed by atoms with E-state index in [0.29, 0.717) is 17.5 Å². The Morgan fingerprint density at radius 2 is 2.29 bits per heavy atom. The van der Waals surface area contributed by atoms with Gasteiger partial charge in [0.2, 0.25) is 0 Å². The number of aromatic amines is 1. The van der Waals surface area contributed by atoms with Crippen LogP contribution >= 0.6 is 11.6 Å². The summed E-state index contributed by atoms with van der Waals surface area (Å²) in [6.45, 7) is 0.644. The average Bonchev–Trinajstić information content (AvgIpc) is 2.67. The normalized spacial score (nSPS) is 10.1. The van der Waals surface area contributed by atoms with Crippen molar-refractivity contribution in [1.29, 1.82) is 0 Å². The summed E-state index contributed by atoms with van der Waals surface area (Å²) < 4.78 is 0. The first-order valence-corrected chi connectivity index (χ1v) is 4.41. The van der Waals surface area contributed by atoms with Crippen molar-refractivity contribution < 1.29 is 0 Å². The summed E-state index contributed by atoms with van der Waals surface area (Å²) in [7, 11) is 0. The number of halogens is 1. The maximum Gasteiger partial charge on any atom is 0.149 e. The topological polar surface area (TPSA) is 66.5 Å². The van der Waals surface area contributed by atoms with Crippen LogP contribution in [0, 0.1) is 0 Å². The Balaban J connectivity index is 1.98. The predicted octanol–water partition coefficient (Wildman–Crippen LogP) is 1.47. The van der Waals surface area contributed by atoms with Crippen LogP contribution in [-0.2, 0) is 6.54 Å². The molecule has 0 radical (unpaired) electrons. The molecule has 6 heteroatoms. The first-order chi connectivity index (χ1) is 6.84. The van der Waals surface area contributed by atoms with E-state index >= 15 is 0 Å². The zero-order chi connectivity index (χ0) is 9.80. The molecular weight excluding hydrogens is 202 g/mol. The standard InChI is InChI=1S/C8H8ClN5/c9-7-4-10-5-8(14-7)11-1-6-2-12-13-3-6/h2-5H,1H2,(H,11,14)(H,12,13). The third-order valence-corrected chi connectivity index (χ3v) is 1.82. The Morgan fingerprint density at radius 3 is 3.00 bits per heavy atom. The molecule has 0 aromatic carbocycles. The van der Waals surface area contributed by atoms with Crippen molar-refractivity contribution in [2.24, 2.45) is 0 Å². The van der Waals surface area contributed by atoms with Crippen LogP contribution in [0.5, 0.6) is 0 Å². The maximum atomic E-state index is 5.67. The fraction of sp³-hybridized carbons (Fsp3) is 0.125. The van der Waals surface area contributed by atoms with Gasteiger partial charge in [-0.1, -0.05) is 11.6 Å². The predicted molar refractivity (Wildman–Crippen MR) is 53.0 cm³/mol. The summed E-state index contributed by atoms with van der Waals surface area (Å²) in [5.41, 5.74) is 1.05. The molecule has 0 saturated carbocycles. The number of H-pyrrole nitrogens is 1. The lowest BCUT2D eigenvalue weighted by Gasteiger charge is -2.02. The summed E-state index contributed by atoms with van der Waals surface area (Å²) in [6.07, 6.45) is 6.66. The molecule has 14 heavy (non-hydrogen) atoms. The first-order valence-electron chi connectivity index (χ1n) is 4.03. The summed E-state index contributed by atoms with van der Waals surface area (Å²) in [5.74, 6) is 0.652. The molecule has 0 fully saturated rings. The zero-order valence-electron chi connectivity index (χ0n) is 7.24. The van der Waals surface area contributed by atoms with Gasteiger partial charge in [-0.05, 0) is 0 Å². The van der Waals surface area contributed by atoms with E-state index < -0.39 is 0 Å². The molecule has 72 valence electrons. The third kappa shape index (κ3) is 2.20. The van der Waals surface area contributed by atoms with Crippen LogP contribution in [0.3, 0.4) is 0 Å². The number of nitrogens with one attached hydrogen (secondary N) is 2. The summed E-state index contributed by atoms with van der Waals surface area (Å²) in [6, 6.07) is 0. The van der Waals surface area contributed by atoms with E-state index in [4.69, 9.17) is 11.6 Å². The van der Waals surface area contributed by atoms with Gasteiger partial charge >= 0.3 is 0 Å². The van der Waals surface area contributed by atoms with Crippen LogP contribution in [0.15, 0.2) is 24.8 Å². The van der Waals surface area contributed by atoms with Gasteiger partial charge in [-0.15, -0.1) is 0 Å². The Morgan fingerprint density at radius 1 is 1.36 bits per heavy atom. The van der Waals surface area contributed by atoms with Crippen LogP contribution in [0.4, 0.5) is 5.82 Å². The molecule has 0 bridgehead atoms. The second-order valence-electron chi connectivity index (χ2n) is 2.69. The minimum atomic E-state index is 0.377. The molecule has 0 unspecified atom stereocenters. The molecule has 0 aliphatic heterocycles. The molecule has 2 aromatic rings. The molecule has 0 atom stereocenters. The Labute approximate surface area is 85.5 Å². The van der Waals surface area contributed by atoms with E-state index in [1.165, 1.54) is 6.20 Å². The zero-order valence-corrected chi connectivity index (χ0v) is 7.99. The van der Waals surface area contributed by atoms with Gasteiger partial charge in [-0.25, -0.2) is 4.98 Å². The molecule has 2 aromatic heterocycles. The molecule has 2 heterocycles. The van der Waals surface area contributed by atoms with Gasteiger partial charge in [0.15, 0.2) is 0 Å². The maximum absolute atomic E-state index is 5.67. The van der Waals surface area contributed by atoms with Crippen LogP contribution in [0.1, 0.15) is 5.56 Å². The number of rotatable bonds is 3. The molecule has 0 spiro atoms. The highest BCUT2D eigenvalue weighted by molar-refractivity contribution is 6.29. The number of aromatic nitrogens is 4. The Bertz CT molecular complexity index is 400. The number of hydrogen-bond donors (Lipinski definition) is 2. The minimum absolute atomic E-state index is 0.377. The smallest absolute Gasteiger partial charge is 0.149 e. The van der Waals surface area contributed by atoms with Gasteiger partial charge in [0.25, 0.3) is 0 Å². The molecule has 2 N–H and O–H groups in total. The Hall–Kier alpha value is -1.62. The number of anilines is 1. The highest BCUT2D eigenvalue weighted by atomic mass is 35.5. The fourth-order valence-electron chi connectivity index (χ4n) is 0.994. The van der Waals surface area contributed by atoms with Crippen molar-refractivity contribution in [2.45, 2.75) is 6.54 Å². The van der Waals surface area contributed by atoms with Crippen LogP contribution < -0.4 is 5.32 Å². The highest BCUT2D eigenvalue weighted by Crippen LogP contribution is 2.07. The molecule has 0 aliphatic rings. The van der Waals surface area contributed by atoms with Crippen LogP contribution in [-0.4, -0.2) is 20.2 Å². The minimum Gasteiger partial charge on any atom is -0.365 e. The molecule has 2 rings (SSSR count). The second kappa shape index (κ2) is 4.06. The van der Waals surface area contributed by atoms with Gasteiger partial charge in [0.05, 0.1) is 18.6 Å². The largest absolute Gasteiger partial charge is 0.365 e. The molecular formula is C8H8ClN5. The van der Waals surface area contributed by atoms with E-state index in [0.717, 1.165) is 5.56 Å². The van der Waals surface area contributed by atoms with E-state index in [-0.39, 0.29) is 0 Å². The lowest BCUT2D eigenvalue weighted by molar-refractivity contribution is 1.09. The van der Waals surface area contributed by atoms with E-state index in [1.54, 1.807) is 12.4 Å². The summed E-state index contributed by atoms with van der Waals surface area (Å²) in [5, 5.41) is 10.00. The van der Waals surface area contributed by atoms with Crippen LogP contribution in [0.25, 0.3) is 0 Å². The SMILES string of the molecule is Clc1cncc(NCc2cn[nH]c2)n1. The lowest BCUT2D eigenvalue weighted by Crippen LogP contribution is -2.00. The average molecular weight is 210 g/mol. The summed E-state index contributed by atoms with van der Waals surface area (Å²) in [4.78, 5) is 7.94. The second-order valence-corrected chi connectivity index (χ2v) is 3.07. The number of nitrogens with zero attached hydrogens (tertiary/aromatic N) is 3. The van der Waals surface area contributed by atoms with Gasteiger partial charge < -0.3 is 5.32 Å². The van der Waals surface area contributed by atoms with E-state index in [9.17, 15) is 0 Å². The molecule has 0 amide bonds. The van der Waals surface area contributed by atoms with E-state index in [1.807, 2.05) is 6.20 Å². The third-order valence-electron chi connectivity index (χ3n) is 1.63. The fourth-order valence-corrected chi connectivity index (χ4v) is 1.14. The molecule has 0 saturated heterocycles. The molecule has 5 nitrogen and oxygen atoms in total. The molecule has 0 aliphatic carbocycles. The monoisotopic (exact) mass is 209 g/mol. The van der Waals surface area contributed by atoms with Crippen molar-refractivity contribution in [3.8, 4) is 0 Å². The van der Waals surface area contributed by atoms with Gasteiger partial charge in [-0.2, -0.15) is 5.10 Å². The number of hydrogen-bond acceptors (Lipinski definition) is 4. The Kier molecular flexibility index (Phi) is 2.60. The van der Waals surface area contributed by atoms with Gasteiger partial charge in [0, 0.05) is 18.3 Å². The van der Waals surface area contributed by atoms with Gasteiger partial charge in [-0.3, -0.25) is 10.1 Å². The van der Waals surface area contributed by atoms with Crippen molar-refractivity contribution >= 4 is 17.4 Å². The quantitative estimate of drug-likeness (QED) is 0.804. The summed E-state index contributed by atoms with van der Waals surface area (Å²) >= 11 is 5.67. The van der Waals surface area contributed by atoms with Crippen molar-refractivity contribution in [3.05, 3.63) is 35.5 Å². The van der Waals surface area contributed by atoms with Crippen molar-refractivity contribution in [3.63, 3.8) is 0 Å². The van der Waals surface area contributed by atoms with Crippen molar-refractivity contribution in [1.82, 2.24) is 20.2 Å². The van der Waals surface area contributed by atoms with Crippen molar-refractivity contribution in [2.75, 3.05) is 5.32 Å². The van der Waals surface area contributed by atoms with Crippen LogP contribution in [0.2, 0.25) is 5.15 Å². The highest BCUT2D eigenvalue weighted by Gasteiger charge is 1.97. The van der Waals surface area contributed by atoms with Gasteiger partial charge in [0.1, 0.15) is 11.0 Å². The lowest BCUT2D eigenvalue weighted by atomic mass is 10.3.